The summed E-state index contributed by atoms with van der Waals surface area (Å²) in [5.74, 6) is 0.831. The van der Waals surface area contributed by atoms with Crippen molar-refractivity contribution in [1.82, 2.24) is 15.5 Å². The second-order valence-electron chi connectivity index (χ2n) is 7.76. The second-order valence-corrected chi connectivity index (χ2v) is 8.74. The molecule has 3 atom stereocenters. The molecule has 3 fully saturated rings. The summed E-state index contributed by atoms with van der Waals surface area (Å²) in [5, 5.41) is 9.06. The molecule has 3 aliphatic heterocycles. The number of rotatable bonds is 6. The van der Waals surface area contributed by atoms with Crippen molar-refractivity contribution in [2.24, 2.45) is 5.92 Å². The maximum atomic E-state index is 12.5. The van der Waals surface area contributed by atoms with E-state index in [9.17, 15) is 4.79 Å². The van der Waals surface area contributed by atoms with Crippen molar-refractivity contribution < 1.29 is 4.79 Å². The van der Waals surface area contributed by atoms with Crippen LogP contribution >= 0.6 is 36.2 Å². The number of nitrogens with one attached hydrogen (secondary N) is 2. The lowest BCUT2D eigenvalue weighted by molar-refractivity contribution is -0.122. The zero-order valence-electron chi connectivity index (χ0n) is 15.2. The lowest BCUT2D eigenvalue weighted by Crippen LogP contribution is -2.41. The van der Waals surface area contributed by atoms with E-state index in [0.717, 1.165) is 19.6 Å². The Bertz CT molecular complexity index is 539. The van der Waals surface area contributed by atoms with Crippen molar-refractivity contribution in [2.75, 3.05) is 19.6 Å². The average Bonchev–Trinajstić information content (AvgIpc) is 3.31. The Hall–Kier alpha value is -0.330. The van der Waals surface area contributed by atoms with Gasteiger partial charge in [-0.1, -0.05) is 6.07 Å². The molecule has 148 valence electrons. The maximum Gasteiger partial charge on any atom is 0.220 e. The van der Waals surface area contributed by atoms with E-state index < -0.39 is 0 Å². The van der Waals surface area contributed by atoms with E-state index in [1.54, 1.807) is 0 Å². The van der Waals surface area contributed by atoms with Crippen LogP contribution in [0.4, 0.5) is 0 Å². The number of thiophene rings is 1. The summed E-state index contributed by atoms with van der Waals surface area (Å²) < 4.78 is 0. The number of hydrogen-bond donors (Lipinski definition) is 2. The minimum Gasteiger partial charge on any atom is -0.354 e. The summed E-state index contributed by atoms with van der Waals surface area (Å²) in [5.41, 5.74) is 0. The first-order valence-corrected chi connectivity index (χ1v) is 10.5. The molecule has 2 N–H and O–H groups in total. The Morgan fingerprint density at radius 1 is 1.23 bits per heavy atom. The first kappa shape index (κ1) is 22.0. The second kappa shape index (κ2) is 10.3. The van der Waals surface area contributed by atoms with Gasteiger partial charge in [0, 0.05) is 29.9 Å². The van der Waals surface area contributed by atoms with Crippen LogP contribution < -0.4 is 10.6 Å². The van der Waals surface area contributed by atoms with E-state index in [4.69, 9.17) is 0 Å². The molecule has 1 aromatic heterocycles. The van der Waals surface area contributed by atoms with Crippen molar-refractivity contribution in [2.45, 2.75) is 63.1 Å². The highest BCUT2D eigenvalue weighted by molar-refractivity contribution is 7.10. The number of piperidine rings is 1. The van der Waals surface area contributed by atoms with Gasteiger partial charge in [-0.2, -0.15) is 0 Å². The van der Waals surface area contributed by atoms with Crippen LogP contribution in [0.3, 0.4) is 0 Å². The number of fused-ring (bicyclic) bond motifs is 2. The van der Waals surface area contributed by atoms with Crippen molar-refractivity contribution in [3.05, 3.63) is 22.4 Å². The van der Waals surface area contributed by atoms with Gasteiger partial charge in [-0.05, 0) is 69.0 Å². The van der Waals surface area contributed by atoms with Gasteiger partial charge in [0.05, 0.1) is 6.04 Å². The van der Waals surface area contributed by atoms with Gasteiger partial charge in [0.25, 0.3) is 0 Å². The molecule has 0 saturated carbocycles. The van der Waals surface area contributed by atoms with Gasteiger partial charge in [0.15, 0.2) is 0 Å². The van der Waals surface area contributed by atoms with Crippen LogP contribution in [0.25, 0.3) is 0 Å². The molecule has 4 rings (SSSR count). The van der Waals surface area contributed by atoms with E-state index in [2.05, 4.69) is 33.0 Å². The van der Waals surface area contributed by atoms with Crippen molar-refractivity contribution >= 4 is 42.1 Å². The largest absolute Gasteiger partial charge is 0.354 e. The van der Waals surface area contributed by atoms with Gasteiger partial charge in [-0.3, -0.25) is 9.69 Å². The summed E-state index contributed by atoms with van der Waals surface area (Å²) >= 11 is 1.81. The number of halogens is 2. The molecule has 2 bridgehead atoms. The van der Waals surface area contributed by atoms with E-state index in [1.807, 2.05) is 11.3 Å². The zero-order valence-corrected chi connectivity index (χ0v) is 17.6. The van der Waals surface area contributed by atoms with Crippen LogP contribution in [-0.2, 0) is 4.79 Å². The highest BCUT2D eigenvalue weighted by Gasteiger charge is 2.34. The standard InChI is InChI=1S/C19H29N3OS.2ClH/c23-19(12-14-10-15-5-6-16(11-14)21-15)20-13-17(18-4-3-9-24-18)22-7-1-2-8-22;;/h3-4,9,14-17,21H,1-2,5-8,10-13H2,(H,20,23);2*1H. The monoisotopic (exact) mass is 419 g/mol. The summed E-state index contributed by atoms with van der Waals surface area (Å²) in [6, 6.07) is 6.04. The van der Waals surface area contributed by atoms with Crippen molar-refractivity contribution in [3.8, 4) is 0 Å². The summed E-state index contributed by atoms with van der Waals surface area (Å²) in [4.78, 5) is 16.4. The average molecular weight is 420 g/mol. The van der Waals surface area contributed by atoms with Crippen LogP contribution in [0.15, 0.2) is 17.5 Å². The molecule has 3 aliphatic rings. The minimum atomic E-state index is 0. The third kappa shape index (κ3) is 5.35. The van der Waals surface area contributed by atoms with Crippen LogP contribution in [0.5, 0.6) is 0 Å². The van der Waals surface area contributed by atoms with Gasteiger partial charge in [0.2, 0.25) is 5.91 Å². The Labute approximate surface area is 173 Å². The van der Waals surface area contributed by atoms with Crippen LogP contribution in [0, 0.1) is 5.92 Å². The number of nitrogens with zero attached hydrogens (tertiary/aromatic N) is 1. The van der Waals surface area contributed by atoms with Gasteiger partial charge >= 0.3 is 0 Å². The number of likely N-dealkylation sites (tertiary alicyclic amines) is 1. The van der Waals surface area contributed by atoms with E-state index in [1.165, 1.54) is 43.4 Å². The Morgan fingerprint density at radius 2 is 1.92 bits per heavy atom. The third-order valence-corrected chi connectivity index (χ3v) is 6.96. The zero-order chi connectivity index (χ0) is 16.4. The molecule has 0 radical (unpaired) electrons. The molecule has 4 heterocycles. The number of amides is 1. The lowest BCUT2D eigenvalue weighted by Gasteiger charge is -2.30. The third-order valence-electron chi connectivity index (χ3n) is 5.99. The smallest absolute Gasteiger partial charge is 0.220 e. The van der Waals surface area contributed by atoms with Gasteiger partial charge < -0.3 is 10.6 Å². The fourth-order valence-electron chi connectivity index (χ4n) is 4.83. The van der Waals surface area contributed by atoms with Gasteiger partial charge in [0.1, 0.15) is 0 Å². The van der Waals surface area contributed by atoms with E-state index in [0.29, 0.717) is 30.5 Å². The molecule has 26 heavy (non-hydrogen) atoms. The highest BCUT2D eigenvalue weighted by atomic mass is 35.5. The predicted molar refractivity (Wildman–Crippen MR) is 113 cm³/mol. The molecule has 0 spiro atoms. The first-order chi connectivity index (χ1) is 11.8. The van der Waals surface area contributed by atoms with Crippen molar-refractivity contribution in [3.63, 3.8) is 0 Å². The normalized spacial score (nSPS) is 28.8. The summed E-state index contributed by atoms with van der Waals surface area (Å²) in [6.45, 7) is 3.09. The summed E-state index contributed by atoms with van der Waals surface area (Å²) in [7, 11) is 0. The minimum absolute atomic E-state index is 0. The van der Waals surface area contributed by atoms with E-state index >= 15 is 0 Å². The molecular formula is C19H31Cl2N3OS. The fraction of sp³-hybridized carbons (Fsp3) is 0.737. The SMILES string of the molecule is Cl.Cl.O=C(CC1CC2CCC(C1)N2)NCC(c1cccs1)N1CCCC1. The summed E-state index contributed by atoms with van der Waals surface area (Å²) in [6.07, 6.45) is 8.26. The number of hydrogen-bond acceptors (Lipinski definition) is 4. The molecule has 0 aromatic carbocycles. The van der Waals surface area contributed by atoms with Gasteiger partial charge in [-0.25, -0.2) is 0 Å². The molecule has 0 aliphatic carbocycles. The Morgan fingerprint density at radius 3 is 2.54 bits per heavy atom. The van der Waals surface area contributed by atoms with E-state index in [-0.39, 0.29) is 30.7 Å². The number of carbonyl (C=O) groups excluding carboxylic acids is 1. The fourth-order valence-corrected chi connectivity index (χ4v) is 5.69. The van der Waals surface area contributed by atoms with Crippen molar-refractivity contribution in [1.29, 1.82) is 0 Å². The van der Waals surface area contributed by atoms with Crippen LogP contribution in [0.2, 0.25) is 0 Å². The highest BCUT2D eigenvalue weighted by Crippen LogP contribution is 2.33. The molecular weight excluding hydrogens is 389 g/mol. The molecule has 1 amide bonds. The van der Waals surface area contributed by atoms with Crippen LogP contribution in [-0.4, -0.2) is 42.5 Å². The molecule has 1 aromatic rings. The Kier molecular flexibility index (Phi) is 8.68. The molecule has 3 saturated heterocycles. The molecule has 4 nitrogen and oxygen atoms in total. The lowest BCUT2D eigenvalue weighted by atomic mass is 9.89. The first-order valence-electron chi connectivity index (χ1n) is 9.58. The van der Waals surface area contributed by atoms with Crippen LogP contribution in [0.1, 0.15) is 55.9 Å². The molecule has 3 unspecified atom stereocenters. The Balaban J connectivity index is 0.00000121. The quantitative estimate of drug-likeness (QED) is 0.737. The molecule has 7 heteroatoms. The number of carbonyl (C=O) groups is 1. The van der Waals surface area contributed by atoms with Gasteiger partial charge in [-0.15, -0.1) is 36.2 Å². The topological polar surface area (TPSA) is 44.4 Å². The maximum absolute atomic E-state index is 12.5. The predicted octanol–water partition coefficient (Wildman–Crippen LogP) is 3.77.